The Kier molecular flexibility index (Phi) is 6.13. The Bertz CT molecular complexity index is 2730. The van der Waals surface area contributed by atoms with Gasteiger partial charge in [0.15, 0.2) is 0 Å². The lowest BCUT2D eigenvalue weighted by molar-refractivity contribution is 0.590. The van der Waals surface area contributed by atoms with E-state index in [1.54, 1.807) is 0 Å². The summed E-state index contributed by atoms with van der Waals surface area (Å²) in [5, 5.41) is 2.57. The third kappa shape index (κ3) is 4.20. The molecule has 10 rings (SSSR count). The highest BCUT2D eigenvalue weighted by molar-refractivity contribution is 7.00. The van der Waals surface area contributed by atoms with Crippen LogP contribution in [-0.4, -0.2) is 15.8 Å². The summed E-state index contributed by atoms with van der Waals surface area (Å²) in [6, 6.07) is 48.2. The summed E-state index contributed by atoms with van der Waals surface area (Å²) < 4.78 is 5.10. The maximum absolute atomic E-state index is 2.61. The summed E-state index contributed by atoms with van der Waals surface area (Å²) in [6.45, 7) is 16.3. The molecule has 0 saturated carbocycles. The third-order valence-corrected chi connectivity index (χ3v) is 11.4. The van der Waals surface area contributed by atoms with Crippen molar-refractivity contribution in [1.29, 1.82) is 0 Å². The number of hydrogen-bond acceptors (Lipinski definition) is 1. The molecule has 248 valence electrons. The zero-order valence-corrected chi connectivity index (χ0v) is 30.5. The molecule has 2 aliphatic rings. The number of para-hydroxylation sites is 3. The van der Waals surface area contributed by atoms with Crippen molar-refractivity contribution in [3.05, 3.63) is 144 Å². The van der Waals surface area contributed by atoms with E-state index in [2.05, 4.69) is 190 Å². The van der Waals surface area contributed by atoms with Gasteiger partial charge in [-0.05, 0) is 99.4 Å². The van der Waals surface area contributed by atoms with Gasteiger partial charge in [0.2, 0.25) is 0 Å². The van der Waals surface area contributed by atoms with E-state index in [1.807, 2.05) is 0 Å². The fraction of sp³-hybridized carbons (Fsp3) is 0.191. The fourth-order valence-corrected chi connectivity index (χ4v) is 9.00. The molecule has 2 aromatic heterocycles. The predicted molar refractivity (Wildman–Crippen MR) is 219 cm³/mol. The van der Waals surface area contributed by atoms with Crippen molar-refractivity contribution in [2.24, 2.45) is 0 Å². The van der Waals surface area contributed by atoms with Crippen molar-refractivity contribution < 1.29 is 0 Å². The largest absolute Gasteiger partial charge is 0.311 e. The first-order valence-corrected chi connectivity index (χ1v) is 18.3. The van der Waals surface area contributed by atoms with Crippen LogP contribution in [0, 0.1) is 6.92 Å². The first kappa shape index (κ1) is 30.4. The molecule has 4 heteroatoms. The first-order chi connectivity index (χ1) is 24.5. The molecular weight excluding hydrogens is 617 g/mol. The molecule has 6 aromatic carbocycles. The third-order valence-electron chi connectivity index (χ3n) is 11.4. The van der Waals surface area contributed by atoms with Crippen molar-refractivity contribution in [3.8, 4) is 11.4 Å². The number of nitrogens with zero attached hydrogens (tertiary/aromatic N) is 3. The normalized spacial score (nSPS) is 13.7. The van der Waals surface area contributed by atoms with Gasteiger partial charge in [-0.2, -0.15) is 0 Å². The highest BCUT2D eigenvalue weighted by Gasteiger charge is 2.43. The molecule has 0 aliphatic carbocycles. The van der Waals surface area contributed by atoms with E-state index in [-0.39, 0.29) is 17.5 Å². The fourth-order valence-electron chi connectivity index (χ4n) is 9.00. The quantitative estimate of drug-likeness (QED) is 0.168. The topological polar surface area (TPSA) is 13.1 Å². The Morgan fingerprint density at radius 3 is 1.90 bits per heavy atom. The minimum Gasteiger partial charge on any atom is -0.311 e. The second-order valence-electron chi connectivity index (χ2n) is 16.8. The SMILES string of the molecule is Cc1cc2c3c(c1)-n1c4c(cccc4c4c1c1ccccc1n4-c1ccccc1)B3c1ccc(C(C)(C)C)cc1N2c1cccc(C(C)(C)C)c1. The molecule has 0 N–H and O–H groups in total. The van der Waals surface area contributed by atoms with Gasteiger partial charge in [-0.15, -0.1) is 0 Å². The van der Waals surface area contributed by atoms with Gasteiger partial charge in [-0.25, -0.2) is 0 Å². The van der Waals surface area contributed by atoms with Crippen LogP contribution in [0.3, 0.4) is 0 Å². The van der Waals surface area contributed by atoms with Crippen molar-refractivity contribution >= 4 is 73.0 Å². The molecule has 0 fully saturated rings. The molecule has 0 unspecified atom stereocenters. The number of anilines is 3. The predicted octanol–water partition coefficient (Wildman–Crippen LogP) is 10.2. The molecule has 2 aliphatic heterocycles. The summed E-state index contributed by atoms with van der Waals surface area (Å²) in [5.74, 6) is 0. The highest BCUT2D eigenvalue weighted by Crippen LogP contribution is 2.46. The zero-order chi connectivity index (χ0) is 35.0. The maximum Gasteiger partial charge on any atom is 0.252 e. The van der Waals surface area contributed by atoms with Gasteiger partial charge < -0.3 is 14.0 Å². The summed E-state index contributed by atoms with van der Waals surface area (Å²) in [5.41, 5.74) is 19.4. The van der Waals surface area contributed by atoms with Crippen LogP contribution in [0.1, 0.15) is 58.2 Å². The van der Waals surface area contributed by atoms with Gasteiger partial charge >= 0.3 is 0 Å². The van der Waals surface area contributed by atoms with Crippen molar-refractivity contribution in [3.63, 3.8) is 0 Å². The summed E-state index contributed by atoms with van der Waals surface area (Å²) in [4.78, 5) is 2.57. The van der Waals surface area contributed by atoms with Crippen molar-refractivity contribution in [1.82, 2.24) is 9.13 Å². The molecular formula is C47H42BN3. The Hall–Kier alpha value is -5.48. The van der Waals surface area contributed by atoms with Crippen LogP contribution in [0.4, 0.5) is 17.1 Å². The lowest BCUT2D eigenvalue weighted by atomic mass is 9.33. The Morgan fingerprint density at radius 2 is 1.12 bits per heavy atom. The minimum absolute atomic E-state index is 0.0162. The molecule has 0 amide bonds. The lowest BCUT2D eigenvalue weighted by Gasteiger charge is -2.41. The van der Waals surface area contributed by atoms with Crippen LogP contribution in [-0.2, 0) is 10.8 Å². The molecule has 51 heavy (non-hydrogen) atoms. The van der Waals surface area contributed by atoms with Crippen LogP contribution in [0.15, 0.2) is 127 Å². The van der Waals surface area contributed by atoms with E-state index in [9.17, 15) is 0 Å². The molecule has 0 radical (unpaired) electrons. The maximum atomic E-state index is 2.61. The number of aryl methyl sites for hydroxylation is 1. The first-order valence-electron chi connectivity index (χ1n) is 18.3. The average molecular weight is 660 g/mol. The van der Waals surface area contributed by atoms with Crippen LogP contribution >= 0.6 is 0 Å². The minimum atomic E-state index is 0.0162. The van der Waals surface area contributed by atoms with E-state index in [0.29, 0.717) is 0 Å². The van der Waals surface area contributed by atoms with Gasteiger partial charge in [0.05, 0.1) is 22.1 Å². The number of rotatable bonds is 2. The molecule has 0 spiro atoms. The second kappa shape index (κ2) is 10.3. The zero-order valence-electron chi connectivity index (χ0n) is 30.5. The summed E-state index contributed by atoms with van der Waals surface area (Å²) in [6.07, 6.45) is 0. The number of aromatic nitrogens is 2. The van der Waals surface area contributed by atoms with Gasteiger partial charge in [0.1, 0.15) is 0 Å². The van der Waals surface area contributed by atoms with Crippen LogP contribution in [0.25, 0.3) is 44.2 Å². The standard InChI is InChI=1S/C47H42BN3/c1-29-25-40-42-41(26-29)51-43-35(45-44(51)34-19-11-12-22-38(34)50(45)32-16-9-8-10-17-32)20-14-21-37(43)48(42)36-24-23-31(47(5,6)7)28-39(36)49(40)33-18-13-15-30(27-33)46(2,3)4/h8-28H,1-7H3. The van der Waals surface area contributed by atoms with Gasteiger partial charge in [-0.3, -0.25) is 0 Å². The number of fused-ring (bicyclic) bond motifs is 9. The average Bonchev–Trinajstić information content (AvgIpc) is 3.63. The summed E-state index contributed by atoms with van der Waals surface area (Å²) in [7, 11) is 0. The van der Waals surface area contributed by atoms with Crippen LogP contribution in [0.5, 0.6) is 0 Å². The number of benzene rings is 6. The van der Waals surface area contributed by atoms with Crippen LogP contribution in [0.2, 0.25) is 0 Å². The smallest absolute Gasteiger partial charge is 0.252 e. The van der Waals surface area contributed by atoms with E-state index < -0.39 is 0 Å². The monoisotopic (exact) mass is 659 g/mol. The Labute approximate surface area is 300 Å². The second-order valence-corrected chi connectivity index (χ2v) is 16.8. The molecule has 0 saturated heterocycles. The molecule has 3 nitrogen and oxygen atoms in total. The molecule has 4 heterocycles. The van der Waals surface area contributed by atoms with E-state index >= 15 is 0 Å². The molecule has 0 bridgehead atoms. The Morgan fingerprint density at radius 1 is 0.471 bits per heavy atom. The highest BCUT2D eigenvalue weighted by atomic mass is 15.2. The lowest BCUT2D eigenvalue weighted by Crippen LogP contribution is -2.60. The van der Waals surface area contributed by atoms with Crippen molar-refractivity contribution in [2.75, 3.05) is 4.90 Å². The van der Waals surface area contributed by atoms with Crippen LogP contribution < -0.4 is 21.3 Å². The summed E-state index contributed by atoms with van der Waals surface area (Å²) >= 11 is 0. The van der Waals surface area contributed by atoms with Crippen molar-refractivity contribution in [2.45, 2.75) is 59.3 Å². The van der Waals surface area contributed by atoms with E-state index in [0.717, 1.165) is 0 Å². The number of hydrogen-bond donors (Lipinski definition) is 0. The van der Waals surface area contributed by atoms with Gasteiger partial charge in [0.25, 0.3) is 6.71 Å². The van der Waals surface area contributed by atoms with E-state index in [4.69, 9.17) is 0 Å². The van der Waals surface area contributed by atoms with Gasteiger partial charge in [0, 0.05) is 39.2 Å². The van der Waals surface area contributed by atoms with Gasteiger partial charge in [-0.1, -0.05) is 120 Å². The van der Waals surface area contributed by atoms with E-state index in [1.165, 1.54) is 94.4 Å². The Balaban J connectivity index is 1.38. The molecule has 8 aromatic rings. The molecule has 0 atom stereocenters.